The minimum atomic E-state index is -0.147. The molecule has 2 aromatic rings. The van der Waals surface area contributed by atoms with Gasteiger partial charge in [-0.1, -0.05) is 29.8 Å². The Balaban J connectivity index is 1.95. The maximum Gasteiger partial charge on any atom is 0.229 e. The number of amides is 1. The first kappa shape index (κ1) is 13.5. The van der Waals surface area contributed by atoms with Crippen LogP contribution in [0.1, 0.15) is 11.1 Å². The Morgan fingerprint density at radius 3 is 2.42 bits per heavy atom. The fourth-order valence-corrected chi connectivity index (χ4v) is 1.69. The van der Waals surface area contributed by atoms with Crippen LogP contribution >= 0.6 is 11.6 Å². The van der Waals surface area contributed by atoms with Gasteiger partial charge in [0.25, 0.3) is 0 Å². The van der Waals surface area contributed by atoms with Gasteiger partial charge in [-0.3, -0.25) is 4.79 Å². The number of nitrogens with one attached hydrogen (secondary N) is 1. The average Bonchev–Trinajstić information content (AvgIpc) is 2.42. The number of rotatable bonds is 4. The molecule has 0 radical (unpaired) electrons. The van der Waals surface area contributed by atoms with Crippen LogP contribution in [0.2, 0.25) is 5.02 Å². The molecule has 0 aliphatic carbocycles. The summed E-state index contributed by atoms with van der Waals surface area (Å²) in [6.45, 7) is -0.0635. The average molecular weight is 277 g/mol. The molecule has 4 nitrogen and oxygen atoms in total. The first-order valence-electron chi connectivity index (χ1n) is 5.77. The SMILES string of the molecule is O=C(Cc1ccc(Cl)cc1)Nc1ccc(CO)cn1. The summed E-state index contributed by atoms with van der Waals surface area (Å²) in [5.41, 5.74) is 1.59. The molecule has 0 saturated heterocycles. The molecular formula is C14H13ClN2O2. The molecule has 19 heavy (non-hydrogen) atoms. The van der Waals surface area contributed by atoms with Gasteiger partial charge in [0.2, 0.25) is 5.91 Å². The van der Waals surface area contributed by atoms with Gasteiger partial charge in [-0.2, -0.15) is 0 Å². The number of aliphatic hydroxyl groups is 1. The fourth-order valence-electron chi connectivity index (χ4n) is 1.57. The Hall–Kier alpha value is -1.91. The van der Waals surface area contributed by atoms with E-state index in [9.17, 15) is 4.79 Å². The van der Waals surface area contributed by atoms with Gasteiger partial charge < -0.3 is 10.4 Å². The summed E-state index contributed by atoms with van der Waals surface area (Å²) >= 11 is 5.78. The number of hydrogen-bond acceptors (Lipinski definition) is 3. The first-order chi connectivity index (χ1) is 9.17. The van der Waals surface area contributed by atoms with Crippen molar-refractivity contribution < 1.29 is 9.90 Å². The van der Waals surface area contributed by atoms with E-state index in [0.717, 1.165) is 5.56 Å². The van der Waals surface area contributed by atoms with E-state index in [0.29, 0.717) is 16.4 Å². The Morgan fingerprint density at radius 2 is 1.84 bits per heavy atom. The molecule has 1 amide bonds. The van der Waals surface area contributed by atoms with Crippen LogP contribution in [0.4, 0.5) is 5.82 Å². The molecule has 0 aliphatic rings. The van der Waals surface area contributed by atoms with Gasteiger partial charge >= 0.3 is 0 Å². The van der Waals surface area contributed by atoms with E-state index in [1.54, 1.807) is 24.3 Å². The highest BCUT2D eigenvalue weighted by Crippen LogP contribution is 2.11. The van der Waals surface area contributed by atoms with Gasteiger partial charge in [-0.15, -0.1) is 0 Å². The fraction of sp³-hybridized carbons (Fsp3) is 0.143. The molecular weight excluding hydrogens is 264 g/mol. The molecule has 2 N–H and O–H groups in total. The Labute approximate surface area is 116 Å². The second kappa shape index (κ2) is 6.31. The predicted molar refractivity (Wildman–Crippen MR) is 73.9 cm³/mol. The summed E-state index contributed by atoms with van der Waals surface area (Å²) in [7, 11) is 0. The van der Waals surface area contributed by atoms with Crippen molar-refractivity contribution in [3.8, 4) is 0 Å². The van der Waals surface area contributed by atoms with E-state index in [2.05, 4.69) is 10.3 Å². The lowest BCUT2D eigenvalue weighted by Crippen LogP contribution is -2.15. The van der Waals surface area contributed by atoms with Crippen LogP contribution in [0.25, 0.3) is 0 Å². The van der Waals surface area contributed by atoms with Crippen molar-refractivity contribution in [3.63, 3.8) is 0 Å². The van der Waals surface area contributed by atoms with Crippen molar-refractivity contribution in [2.45, 2.75) is 13.0 Å². The van der Waals surface area contributed by atoms with Gasteiger partial charge in [0, 0.05) is 11.2 Å². The van der Waals surface area contributed by atoms with E-state index in [-0.39, 0.29) is 18.9 Å². The monoisotopic (exact) mass is 276 g/mol. The highest BCUT2D eigenvalue weighted by molar-refractivity contribution is 6.30. The largest absolute Gasteiger partial charge is 0.392 e. The Bertz CT molecular complexity index is 553. The molecule has 98 valence electrons. The first-order valence-corrected chi connectivity index (χ1v) is 6.15. The highest BCUT2D eigenvalue weighted by Gasteiger charge is 2.05. The molecule has 5 heteroatoms. The van der Waals surface area contributed by atoms with Crippen molar-refractivity contribution in [3.05, 3.63) is 58.7 Å². The Morgan fingerprint density at radius 1 is 1.16 bits per heavy atom. The quantitative estimate of drug-likeness (QED) is 0.901. The lowest BCUT2D eigenvalue weighted by molar-refractivity contribution is -0.115. The Kier molecular flexibility index (Phi) is 4.49. The maximum atomic E-state index is 11.8. The van der Waals surface area contributed by atoms with E-state index >= 15 is 0 Å². The van der Waals surface area contributed by atoms with Crippen LogP contribution in [-0.4, -0.2) is 16.0 Å². The molecule has 2 rings (SSSR count). The zero-order valence-electron chi connectivity index (χ0n) is 10.1. The van der Waals surface area contributed by atoms with Crippen LogP contribution in [0.5, 0.6) is 0 Å². The van der Waals surface area contributed by atoms with E-state index in [1.807, 2.05) is 12.1 Å². The molecule has 0 atom stereocenters. The zero-order chi connectivity index (χ0) is 13.7. The van der Waals surface area contributed by atoms with Crippen LogP contribution < -0.4 is 5.32 Å². The van der Waals surface area contributed by atoms with E-state index in [4.69, 9.17) is 16.7 Å². The second-order valence-electron chi connectivity index (χ2n) is 4.06. The van der Waals surface area contributed by atoms with Gasteiger partial charge in [0.15, 0.2) is 0 Å². The normalized spacial score (nSPS) is 10.2. The maximum absolute atomic E-state index is 11.8. The summed E-state index contributed by atoms with van der Waals surface area (Å²) < 4.78 is 0. The molecule has 0 unspecified atom stereocenters. The topological polar surface area (TPSA) is 62.2 Å². The summed E-state index contributed by atoms with van der Waals surface area (Å²) in [5.74, 6) is 0.322. The standard InChI is InChI=1S/C14H13ClN2O2/c15-12-4-1-10(2-5-12)7-14(19)17-13-6-3-11(9-18)8-16-13/h1-6,8,18H,7,9H2,(H,16,17,19). The number of nitrogens with zero attached hydrogens (tertiary/aromatic N) is 1. The molecule has 1 aromatic heterocycles. The van der Waals surface area contributed by atoms with Gasteiger partial charge in [-0.05, 0) is 29.3 Å². The molecule has 0 saturated carbocycles. The van der Waals surface area contributed by atoms with Crippen molar-refractivity contribution >= 4 is 23.3 Å². The second-order valence-corrected chi connectivity index (χ2v) is 4.50. The minimum Gasteiger partial charge on any atom is -0.392 e. The lowest BCUT2D eigenvalue weighted by Gasteiger charge is -2.05. The lowest BCUT2D eigenvalue weighted by atomic mass is 10.1. The van der Waals surface area contributed by atoms with E-state index < -0.39 is 0 Å². The van der Waals surface area contributed by atoms with Crippen molar-refractivity contribution in [2.24, 2.45) is 0 Å². The van der Waals surface area contributed by atoms with Gasteiger partial charge in [0.1, 0.15) is 5.82 Å². The van der Waals surface area contributed by atoms with Crippen LogP contribution in [0.3, 0.4) is 0 Å². The number of halogens is 1. The van der Waals surface area contributed by atoms with Crippen molar-refractivity contribution in [2.75, 3.05) is 5.32 Å². The number of pyridine rings is 1. The van der Waals surface area contributed by atoms with E-state index in [1.165, 1.54) is 6.20 Å². The van der Waals surface area contributed by atoms with Gasteiger partial charge in [0.05, 0.1) is 13.0 Å². The third kappa shape index (κ3) is 4.05. The van der Waals surface area contributed by atoms with Crippen molar-refractivity contribution in [1.29, 1.82) is 0 Å². The minimum absolute atomic E-state index is 0.0635. The van der Waals surface area contributed by atoms with Crippen molar-refractivity contribution in [1.82, 2.24) is 4.98 Å². The highest BCUT2D eigenvalue weighted by atomic mass is 35.5. The molecule has 0 bridgehead atoms. The summed E-state index contributed by atoms with van der Waals surface area (Å²) in [5, 5.41) is 12.2. The van der Waals surface area contributed by atoms with Gasteiger partial charge in [-0.25, -0.2) is 4.98 Å². The molecule has 0 fully saturated rings. The summed E-state index contributed by atoms with van der Waals surface area (Å²) in [6, 6.07) is 10.5. The summed E-state index contributed by atoms with van der Waals surface area (Å²) in [6.07, 6.45) is 1.79. The number of carbonyl (C=O) groups is 1. The number of carbonyl (C=O) groups excluding carboxylic acids is 1. The predicted octanol–water partition coefficient (Wildman–Crippen LogP) is 2.41. The molecule has 1 aromatic carbocycles. The van der Waals surface area contributed by atoms with Crippen LogP contribution in [0, 0.1) is 0 Å². The molecule has 1 heterocycles. The molecule has 0 spiro atoms. The number of aromatic nitrogens is 1. The van der Waals surface area contributed by atoms with Crippen LogP contribution in [0.15, 0.2) is 42.6 Å². The number of anilines is 1. The summed E-state index contributed by atoms with van der Waals surface area (Å²) in [4.78, 5) is 15.8. The third-order valence-corrected chi connectivity index (χ3v) is 2.80. The molecule has 0 aliphatic heterocycles. The number of hydrogen-bond donors (Lipinski definition) is 2. The number of aliphatic hydroxyl groups excluding tert-OH is 1. The zero-order valence-corrected chi connectivity index (χ0v) is 10.9. The third-order valence-electron chi connectivity index (χ3n) is 2.55. The smallest absolute Gasteiger partial charge is 0.229 e. The number of benzene rings is 1. The van der Waals surface area contributed by atoms with Crippen LogP contribution in [-0.2, 0) is 17.8 Å².